The summed E-state index contributed by atoms with van der Waals surface area (Å²) in [4.78, 5) is 17.5. The predicted octanol–water partition coefficient (Wildman–Crippen LogP) is 2.06. The summed E-state index contributed by atoms with van der Waals surface area (Å²) in [5, 5.41) is 0.0710. The summed E-state index contributed by atoms with van der Waals surface area (Å²) in [6.45, 7) is 0.237. The van der Waals surface area contributed by atoms with Crippen LogP contribution in [0.1, 0.15) is 0 Å². The fourth-order valence-corrected chi connectivity index (χ4v) is 1.39. The number of rotatable bonds is 2. The summed E-state index contributed by atoms with van der Waals surface area (Å²) in [5.41, 5.74) is 0.611. The van der Waals surface area contributed by atoms with E-state index >= 15 is 0 Å². The van der Waals surface area contributed by atoms with Crippen molar-refractivity contribution in [2.75, 3.05) is 0 Å². The molecule has 14 heavy (non-hydrogen) atoms. The molecule has 0 saturated carbocycles. The fourth-order valence-electron chi connectivity index (χ4n) is 0.952. The summed E-state index contributed by atoms with van der Waals surface area (Å²) in [6.07, 6.45) is 0. The van der Waals surface area contributed by atoms with E-state index in [2.05, 4.69) is 14.7 Å². The van der Waals surface area contributed by atoms with Gasteiger partial charge in [0.05, 0.1) is 0 Å². The van der Waals surface area contributed by atoms with Crippen LogP contribution in [-0.4, -0.2) is 16.4 Å². The van der Waals surface area contributed by atoms with Crippen LogP contribution in [0.4, 0.5) is 0 Å². The maximum atomic E-state index is 10.0. The number of furan rings is 1. The molecular weight excluding hydrogens is 231 g/mol. The second-order valence-electron chi connectivity index (χ2n) is 2.28. The van der Waals surface area contributed by atoms with Crippen molar-refractivity contribution in [3.8, 4) is 5.95 Å². The van der Waals surface area contributed by atoms with Gasteiger partial charge in [-0.05, 0) is 11.6 Å². The molecular formula is C7H2Cl2N2O3. The van der Waals surface area contributed by atoms with Crippen molar-refractivity contribution in [1.82, 2.24) is 9.97 Å². The first kappa shape index (κ1) is 9.23. The van der Waals surface area contributed by atoms with E-state index in [4.69, 9.17) is 27.6 Å². The quantitative estimate of drug-likeness (QED) is 0.451. The van der Waals surface area contributed by atoms with Crippen molar-refractivity contribution in [3.05, 3.63) is 16.5 Å². The lowest BCUT2D eigenvalue weighted by molar-refractivity contribution is -0.121. The van der Waals surface area contributed by atoms with Gasteiger partial charge < -0.3 is 9.15 Å². The summed E-state index contributed by atoms with van der Waals surface area (Å²) in [5.74, 6) is -0.00605. The molecule has 7 heteroatoms. The SMILES string of the molecule is O=COc1cc2nc(Cl)nc(Cl)c2o1. The summed E-state index contributed by atoms with van der Waals surface area (Å²) < 4.78 is 9.49. The van der Waals surface area contributed by atoms with Crippen LogP contribution in [0.25, 0.3) is 11.1 Å². The highest BCUT2D eigenvalue weighted by Gasteiger charge is 2.11. The van der Waals surface area contributed by atoms with Crippen molar-refractivity contribution in [2.24, 2.45) is 0 Å². The van der Waals surface area contributed by atoms with Crippen LogP contribution in [0.2, 0.25) is 10.4 Å². The summed E-state index contributed by atoms with van der Waals surface area (Å²) in [6, 6.07) is 1.39. The Balaban J connectivity index is 2.64. The smallest absolute Gasteiger partial charge is 0.300 e. The Hall–Kier alpha value is -1.33. The zero-order chi connectivity index (χ0) is 10.1. The van der Waals surface area contributed by atoms with Crippen LogP contribution in [0.5, 0.6) is 5.95 Å². The highest BCUT2D eigenvalue weighted by atomic mass is 35.5. The maximum Gasteiger partial charge on any atom is 0.300 e. The highest BCUT2D eigenvalue weighted by molar-refractivity contribution is 6.35. The molecule has 5 nitrogen and oxygen atoms in total. The molecule has 0 aliphatic heterocycles. The van der Waals surface area contributed by atoms with E-state index in [0.717, 1.165) is 0 Å². The molecule has 0 atom stereocenters. The number of carbonyl (C=O) groups excluding carboxylic acids is 1. The van der Waals surface area contributed by atoms with E-state index in [0.29, 0.717) is 5.52 Å². The topological polar surface area (TPSA) is 65.2 Å². The van der Waals surface area contributed by atoms with E-state index < -0.39 is 0 Å². The molecule has 0 radical (unpaired) electrons. The number of fused-ring (bicyclic) bond motifs is 1. The molecule has 2 aromatic rings. The Kier molecular flexibility index (Phi) is 2.26. The van der Waals surface area contributed by atoms with Gasteiger partial charge in [0.1, 0.15) is 5.52 Å². The van der Waals surface area contributed by atoms with Gasteiger partial charge in [0, 0.05) is 6.07 Å². The third-order valence-electron chi connectivity index (χ3n) is 1.44. The van der Waals surface area contributed by atoms with E-state index in [1.54, 1.807) is 0 Å². The standard InChI is InChI=1S/C7H2Cl2N2O3/c8-6-5-3(10-7(9)11-6)1-4(14-5)13-2-12/h1-2H. The third kappa shape index (κ3) is 1.51. The molecule has 0 saturated heterocycles. The van der Waals surface area contributed by atoms with Crippen LogP contribution in [0.15, 0.2) is 10.5 Å². The Bertz CT molecular complexity index is 497. The van der Waals surface area contributed by atoms with Gasteiger partial charge in [-0.1, -0.05) is 11.6 Å². The molecule has 72 valence electrons. The molecule has 0 bridgehead atoms. The molecule has 0 fully saturated rings. The lowest BCUT2D eigenvalue weighted by atomic mass is 10.5. The molecule has 0 aliphatic rings. The number of hydrogen-bond donors (Lipinski definition) is 0. The number of hydrogen-bond acceptors (Lipinski definition) is 5. The number of halogens is 2. The van der Waals surface area contributed by atoms with Gasteiger partial charge >= 0.3 is 6.47 Å². The van der Waals surface area contributed by atoms with Gasteiger partial charge in [-0.3, -0.25) is 4.79 Å². The first-order valence-electron chi connectivity index (χ1n) is 3.43. The second-order valence-corrected chi connectivity index (χ2v) is 2.97. The highest BCUT2D eigenvalue weighted by Crippen LogP contribution is 2.28. The van der Waals surface area contributed by atoms with Crippen molar-refractivity contribution in [1.29, 1.82) is 0 Å². The van der Waals surface area contributed by atoms with Gasteiger partial charge in [-0.2, -0.15) is 0 Å². The minimum absolute atomic E-state index is 0.000882. The van der Waals surface area contributed by atoms with Crippen molar-refractivity contribution in [2.45, 2.75) is 0 Å². The van der Waals surface area contributed by atoms with Crippen molar-refractivity contribution < 1.29 is 13.9 Å². The molecule has 0 spiro atoms. The van der Waals surface area contributed by atoms with E-state index in [1.807, 2.05) is 0 Å². The number of nitrogens with zero attached hydrogens (tertiary/aromatic N) is 2. The largest absolute Gasteiger partial charge is 0.420 e. The lowest BCUT2D eigenvalue weighted by Gasteiger charge is -1.91. The van der Waals surface area contributed by atoms with Gasteiger partial charge in [0.15, 0.2) is 10.7 Å². The summed E-state index contributed by atoms with van der Waals surface area (Å²) >= 11 is 11.3. The van der Waals surface area contributed by atoms with Crippen LogP contribution in [-0.2, 0) is 4.79 Å². The van der Waals surface area contributed by atoms with Crippen molar-refractivity contribution in [3.63, 3.8) is 0 Å². The first-order chi connectivity index (χ1) is 6.70. The molecule has 0 aliphatic carbocycles. The normalized spacial score (nSPS) is 10.4. The van der Waals surface area contributed by atoms with Gasteiger partial charge in [0.25, 0.3) is 5.95 Å². The van der Waals surface area contributed by atoms with Crippen LogP contribution in [0, 0.1) is 0 Å². The van der Waals surface area contributed by atoms with E-state index in [-0.39, 0.29) is 28.4 Å². The van der Waals surface area contributed by atoms with E-state index in [9.17, 15) is 4.79 Å². The molecule has 2 aromatic heterocycles. The molecule has 0 aromatic carbocycles. The molecule has 2 heterocycles. The second kappa shape index (κ2) is 3.43. The molecule has 0 amide bonds. The number of aromatic nitrogens is 2. The van der Waals surface area contributed by atoms with Gasteiger partial charge in [-0.15, -0.1) is 0 Å². The van der Waals surface area contributed by atoms with Gasteiger partial charge in [0.2, 0.25) is 5.28 Å². The minimum atomic E-state index is -0.00605. The zero-order valence-corrected chi connectivity index (χ0v) is 8.04. The zero-order valence-electron chi connectivity index (χ0n) is 6.53. The Morgan fingerprint density at radius 1 is 1.43 bits per heavy atom. The van der Waals surface area contributed by atoms with E-state index in [1.165, 1.54) is 6.07 Å². The fraction of sp³-hybridized carbons (Fsp3) is 0. The van der Waals surface area contributed by atoms with Crippen molar-refractivity contribution >= 4 is 40.8 Å². The van der Waals surface area contributed by atoms with Crippen LogP contribution in [0.3, 0.4) is 0 Å². The number of ether oxygens (including phenoxy) is 1. The minimum Gasteiger partial charge on any atom is -0.420 e. The van der Waals surface area contributed by atoms with Crippen LogP contribution >= 0.6 is 23.2 Å². The van der Waals surface area contributed by atoms with Gasteiger partial charge in [-0.25, -0.2) is 9.97 Å². The predicted molar refractivity (Wildman–Crippen MR) is 48.5 cm³/mol. The third-order valence-corrected chi connectivity index (χ3v) is 1.87. The first-order valence-corrected chi connectivity index (χ1v) is 4.19. The Labute approximate surface area is 87.6 Å². The Morgan fingerprint density at radius 3 is 2.93 bits per heavy atom. The molecule has 2 rings (SSSR count). The summed E-state index contributed by atoms with van der Waals surface area (Å²) in [7, 11) is 0. The molecule has 0 N–H and O–H groups in total. The number of carbonyl (C=O) groups is 1. The monoisotopic (exact) mass is 232 g/mol. The maximum absolute atomic E-state index is 10.0. The average molecular weight is 233 g/mol. The van der Waals surface area contributed by atoms with Crippen LogP contribution < -0.4 is 4.74 Å². The molecule has 0 unspecified atom stereocenters. The Morgan fingerprint density at radius 2 is 2.21 bits per heavy atom. The average Bonchev–Trinajstić information content (AvgIpc) is 2.48. The lowest BCUT2D eigenvalue weighted by Crippen LogP contribution is -1.84.